The fourth-order valence-electron chi connectivity index (χ4n) is 3.31. The molecule has 0 amide bonds. The fraction of sp³-hybridized carbons (Fsp3) is 0.400. The molecule has 0 radical (unpaired) electrons. The van der Waals surface area contributed by atoms with Gasteiger partial charge in [0.1, 0.15) is 5.65 Å². The molecule has 2 atom stereocenters. The number of nitrogens with zero attached hydrogens (tertiary/aromatic N) is 2. The van der Waals surface area contributed by atoms with Crippen molar-refractivity contribution in [1.82, 2.24) is 19.9 Å². The standard InChI is InChI=1S/C15H17BrN4/c1-9-2-4-17-8-12(9)20-5-3-10-6-18-15-13(14(10)20)11(16)7-19-15/h3,5-7,9,12,17H,2,4,8H2,1H3,(H,18,19)/t9-,12+/m1/s1. The summed E-state index contributed by atoms with van der Waals surface area (Å²) in [6.45, 7) is 4.51. The first kappa shape index (κ1) is 12.4. The molecular weight excluding hydrogens is 316 g/mol. The quantitative estimate of drug-likeness (QED) is 0.716. The molecule has 3 aromatic heterocycles. The van der Waals surface area contributed by atoms with E-state index in [0.29, 0.717) is 12.0 Å². The molecule has 5 heteroatoms. The molecule has 3 aromatic rings. The Labute approximate surface area is 125 Å². The zero-order valence-corrected chi connectivity index (χ0v) is 12.9. The summed E-state index contributed by atoms with van der Waals surface area (Å²) in [7, 11) is 0. The molecule has 0 aliphatic carbocycles. The van der Waals surface area contributed by atoms with Crippen LogP contribution in [0.5, 0.6) is 0 Å². The van der Waals surface area contributed by atoms with Crippen LogP contribution in [-0.2, 0) is 0 Å². The number of aromatic nitrogens is 3. The third-order valence-corrected chi connectivity index (χ3v) is 5.10. The topological polar surface area (TPSA) is 45.6 Å². The SMILES string of the molecule is C[C@@H]1CCNC[C@@H]1n1ccc2cnc3[nH]cc(Br)c3c21. The number of halogens is 1. The van der Waals surface area contributed by atoms with Crippen LogP contribution in [0.15, 0.2) is 29.1 Å². The van der Waals surface area contributed by atoms with Crippen molar-refractivity contribution in [1.29, 1.82) is 0 Å². The highest BCUT2D eigenvalue weighted by Gasteiger charge is 2.24. The van der Waals surface area contributed by atoms with E-state index < -0.39 is 0 Å². The van der Waals surface area contributed by atoms with Crippen LogP contribution in [0.3, 0.4) is 0 Å². The summed E-state index contributed by atoms with van der Waals surface area (Å²) in [5, 5.41) is 5.91. The summed E-state index contributed by atoms with van der Waals surface area (Å²) < 4.78 is 3.51. The molecule has 2 N–H and O–H groups in total. The molecule has 1 saturated heterocycles. The highest BCUT2D eigenvalue weighted by atomic mass is 79.9. The van der Waals surface area contributed by atoms with Crippen LogP contribution in [0.25, 0.3) is 21.9 Å². The fourth-order valence-corrected chi connectivity index (χ4v) is 3.80. The van der Waals surface area contributed by atoms with Gasteiger partial charge in [0.05, 0.1) is 10.9 Å². The number of aromatic amines is 1. The van der Waals surface area contributed by atoms with E-state index in [1.807, 2.05) is 12.4 Å². The molecule has 1 aliphatic rings. The Balaban J connectivity index is 1.99. The van der Waals surface area contributed by atoms with Crippen LogP contribution in [0.4, 0.5) is 0 Å². The Bertz CT molecular complexity index is 773. The predicted octanol–water partition coefficient (Wildman–Crippen LogP) is 3.45. The van der Waals surface area contributed by atoms with Gasteiger partial charge in [-0.05, 0) is 40.9 Å². The third kappa shape index (κ3) is 1.73. The maximum Gasteiger partial charge on any atom is 0.140 e. The molecule has 4 nitrogen and oxygen atoms in total. The van der Waals surface area contributed by atoms with Gasteiger partial charge in [-0.1, -0.05) is 6.92 Å². The smallest absolute Gasteiger partial charge is 0.140 e. The van der Waals surface area contributed by atoms with Crippen molar-refractivity contribution < 1.29 is 0 Å². The van der Waals surface area contributed by atoms with Crippen LogP contribution >= 0.6 is 15.9 Å². The van der Waals surface area contributed by atoms with E-state index in [4.69, 9.17) is 0 Å². The molecule has 104 valence electrons. The van der Waals surface area contributed by atoms with E-state index in [9.17, 15) is 0 Å². The second-order valence-electron chi connectivity index (χ2n) is 5.68. The zero-order valence-electron chi connectivity index (χ0n) is 11.4. The van der Waals surface area contributed by atoms with Gasteiger partial charge >= 0.3 is 0 Å². The maximum absolute atomic E-state index is 4.49. The largest absolute Gasteiger partial charge is 0.345 e. The second-order valence-corrected chi connectivity index (χ2v) is 6.54. The van der Waals surface area contributed by atoms with Gasteiger partial charge in [-0.3, -0.25) is 0 Å². The molecule has 0 unspecified atom stereocenters. The van der Waals surface area contributed by atoms with E-state index >= 15 is 0 Å². The summed E-state index contributed by atoms with van der Waals surface area (Å²) in [4.78, 5) is 7.72. The lowest BCUT2D eigenvalue weighted by Crippen LogP contribution is -2.36. The van der Waals surface area contributed by atoms with Gasteiger partial charge in [0.15, 0.2) is 0 Å². The van der Waals surface area contributed by atoms with E-state index in [1.165, 1.54) is 22.7 Å². The molecule has 20 heavy (non-hydrogen) atoms. The Morgan fingerprint density at radius 1 is 1.45 bits per heavy atom. The minimum atomic E-state index is 0.508. The van der Waals surface area contributed by atoms with Crippen LogP contribution in [0.2, 0.25) is 0 Å². The van der Waals surface area contributed by atoms with Crippen molar-refractivity contribution in [2.75, 3.05) is 13.1 Å². The van der Waals surface area contributed by atoms with Crippen LogP contribution in [0, 0.1) is 5.92 Å². The first-order chi connectivity index (χ1) is 9.75. The number of pyridine rings is 1. The molecule has 0 bridgehead atoms. The summed E-state index contributed by atoms with van der Waals surface area (Å²) >= 11 is 3.65. The van der Waals surface area contributed by atoms with Gasteiger partial charge in [0.2, 0.25) is 0 Å². The van der Waals surface area contributed by atoms with E-state index in [0.717, 1.165) is 23.2 Å². The van der Waals surface area contributed by atoms with Crippen molar-refractivity contribution >= 4 is 37.9 Å². The number of H-pyrrole nitrogens is 1. The normalized spacial score (nSPS) is 23.7. The third-order valence-electron chi connectivity index (χ3n) is 4.47. The van der Waals surface area contributed by atoms with Gasteiger partial charge in [-0.25, -0.2) is 4.98 Å². The lowest BCUT2D eigenvalue weighted by Gasteiger charge is -2.31. The number of piperidine rings is 1. The van der Waals surface area contributed by atoms with Crippen molar-refractivity contribution in [2.24, 2.45) is 5.92 Å². The average molecular weight is 333 g/mol. The summed E-state index contributed by atoms with van der Waals surface area (Å²) in [5.74, 6) is 0.688. The van der Waals surface area contributed by atoms with Crippen molar-refractivity contribution in [3.05, 3.63) is 29.1 Å². The summed E-state index contributed by atoms with van der Waals surface area (Å²) in [5.41, 5.74) is 2.23. The number of rotatable bonds is 1. The van der Waals surface area contributed by atoms with E-state index in [2.05, 4.69) is 55.0 Å². The summed E-state index contributed by atoms with van der Waals surface area (Å²) in [6.07, 6.45) is 7.36. The first-order valence-corrected chi connectivity index (χ1v) is 7.88. The Hall–Kier alpha value is -1.33. The number of hydrogen-bond acceptors (Lipinski definition) is 2. The highest BCUT2D eigenvalue weighted by Crippen LogP contribution is 2.34. The minimum Gasteiger partial charge on any atom is -0.345 e. The molecule has 4 heterocycles. The Morgan fingerprint density at radius 3 is 3.20 bits per heavy atom. The molecule has 1 aliphatic heterocycles. The molecule has 0 spiro atoms. The van der Waals surface area contributed by atoms with Gasteiger partial charge in [-0.15, -0.1) is 0 Å². The van der Waals surface area contributed by atoms with Crippen LogP contribution in [0.1, 0.15) is 19.4 Å². The molecule has 1 fully saturated rings. The number of nitrogens with one attached hydrogen (secondary N) is 2. The maximum atomic E-state index is 4.49. The van der Waals surface area contributed by atoms with Gasteiger partial charge < -0.3 is 14.9 Å². The van der Waals surface area contributed by atoms with Gasteiger partial charge in [-0.2, -0.15) is 0 Å². The second kappa shape index (κ2) is 4.60. The lowest BCUT2D eigenvalue weighted by atomic mass is 9.94. The first-order valence-electron chi connectivity index (χ1n) is 7.08. The van der Waals surface area contributed by atoms with Crippen LogP contribution < -0.4 is 5.32 Å². The van der Waals surface area contributed by atoms with Crippen molar-refractivity contribution in [3.63, 3.8) is 0 Å². The molecule has 4 rings (SSSR count). The van der Waals surface area contributed by atoms with Crippen LogP contribution in [-0.4, -0.2) is 27.6 Å². The zero-order chi connectivity index (χ0) is 13.7. The van der Waals surface area contributed by atoms with E-state index in [1.54, 1.807) is 0 Å². The van der Waals surface area contributed by atoms with Crippen molar-refractivity contribution in [3.8, 4) is 0 Å². The summed E-state index contributed by atoms with van der Waals surface area (Å²) in [6, 6.07) is 2.68. The minimum absolute atomic E-state index is 0.508. The van der Waals surface area contributed by atoms with E-state index in [-0.39, 0.29) is 0 Å². The monoisotopic (exact) mass is 332 g/mol. The molecule has 0 aromatic carbocycles. The number of hydrogen-bond donors (Lipinski definition) is 2. The molecular formula is C15H17BrN4. The van der Waals surface area contributed by atoms with Gasteiger partial charge in [0.25, 0.3) is 0 Å². The predicted molar refractivity (Wildman–Crippen MR) is 85.0 cm³/mol. The van der Waals surface area contributed by atoms with Crippen molar-refractivity contribution in [2.45, 2.75) is 19.4 Å². The Morgan fingerprint density at radius 2 is 2.35 bits per heavy atom. The lowest BCUT2D eigenvalue weighted by molar-refractivity contribution is 0.280. The molecule has 0 saturated carbocycles. The average Bonchev–Trinajstić information content (AvgIpc) is 3.03. The Kier molecular flexibility index (Phi) is 2.86. The van der Waals surface area contributed by atoms with Gasteiger partial charge in [0, 0.05) is 41.0 Å². The number of fused-ring (bicyclic) bond motifs is 3. The highest BCUT2D eigenvalue weighted by molar-refractivity contribution is 9.10.